The minimum Gasteiger partial charge on any atom is -0.326 e. The summed E-state index contributed by atoms with van der Waals surface area (Å²) in [7, 11) is 0. The number of halogens is 3. The maximum atomic E-state index is 13.3. The fraction of sp³-hybridized carbons (Fsp3) is 0.464. The summed E-state index contributed by atoms with van der Waals surface area (Å²) in [4.78, 5) is 7.45. The molecule has 0 fully saturated rings. The van der Waals surface area contributed by atoms with E-state index in [2.05, 4.69) is 35.4 Å². The van der Waals surface area contributed by atoms with E-state index in [0.717, 1.165) is 74.8 Å². The fourth-order valence-corrected chi connectivity index (χ4v) is 4.97. The van der Waals surface area contributed by atoms with Crippen LogP contribution in [-0.2, 0) is 25.7 Å². The molecule has 1 unspecified atom stereocenters. The van der Waals surface area contributed by atoms with E-state index in [1.165, 1.54) is 17.8 Å². The lowest BCUT2D eigenvalue weighted by Gasteiger charge is -2.31. The number of alkyl halides is 3. The number of nitrogens with zero attached hydrogens (tertiary/aromatic N) is 3. The summed E-state index contributed by atoms with van der Waals surface area (Å²) in [6.07, 6.45) is 1.76. The van der Waals surface area contributed by atoms with Crippen molar-refractivity contribution in [2.75, 3.05) is 6.54 Å². The van der Waals surface area contributed by atoms with E-state index < -0.39 is 11.7 Å². The molecule has 1 aromatic heterocycles. The van der Waals surface area contributed by atoms with Gasteiger partial charge in [0.05, 0.1) is 23.0 Å². The van der Waals surface area contributed by atoms with Gasteiger partial charge in [-0.2, -0.15) is 13.2 Å². The van der Waals surface area contributed by atoms with Gasteiger partial charge < -0.3 is 4.57 Å². The van der Waals surface area contributed by atoms with Crippen LogP contribution in [0.15, 0.2) is 54.6 Å². The van der Waals surface area contributed by atoms with E-state index in [1.54, 1.807) is 0 Å². The van der Waals surface area contributed by atoms with Gasteiger partial charge in [-0.15, -0.1) is 0 Å². The quantitative estimate of drug-likeness (QED) is 0.304. The first-order valence-corrected chi connectivity index (χ1v) is 12.5. The van der Waals surface area contributed by atoms with Gasteiger partial charge in [-0.1, -0.05) is 75.2 Å². The summed E-state index contributed by atoms with van der Waals surface area (Å²) in [5, 5.41) is 0. The molecular weight excluding hydrogens is 435 g/mol. The van der Waals surface area contributed by atoms with Crippen LogP contribution < -0.4 is 0 Å². The summed E-state index contributed by atoms with van der Waals surface area (Å²) < 4.78 is 42.3. The number of rotatable bonds is 10. The lowest BCUT2D eigenvalue weighted by Crippen LogP contribution is -2.30. The van der Waals surface area contributed by atoms with Gasteiger partial charge in [-0.25, -0.2) is 4.98 Å². The standard InChI is InChI=1S/C28H34F3N3/c1-3-5-17-33(20-21-11-10-14-23(19-21)28(29,30)31)25-16-15-24-26(25)34(18-6-4-2)27(32-24)22-12-8-7-9-13-22/h7-14,19,25H,3-6,15-18,20H2,1-2H3. The molecule has 1 atom stereocenters. The third kappa shape index (κ3) is 5.38. The zero-order valence-electron chi connectivity index (χ0n) is 20.1. The molecule has 182 valence electrons. The molecule has 0 aliphatic heterocycles. The molecule has 1 aliphatic carbocycles. The molecule has 0 saturated heterocycles. The van der Waals surface area contributed by atoms with Crippen molar-refractivity contribution < 1.29 is 13.2 Å². The van der Waals surface area contributed by atoms with E-state index in [-0.39, 0.29) is 6.04 Å². The molecule has 3 nitrogen and oxygen atoms in total. The summed E-state index contributed by atoms with van der Waals surface area (Å²) in [6, 6.07) is 16.3. The second-order valence-corrected chi connectivity index (χ2v) is 9.22. The molecule has 1 heterocycles. The minimum absolute atomic E-state index is 0.165. The van der Waals surface area contributed by atoms with Crippen molar-refractivity contribution in [1.29, 1.82) is 0 Å². The average molecular weight is 470 g/mol. The highest BCUT2D eigenvalue weighted by Gasteiger charge is 2.35. The van der Waals surface area contributed by atoms with E-state index in [9.17, 15) is 13.2 Å². The van der Waals surface area contributed by atoms with Gasteiger partial charge >= 0.3 is 6.18 Å². The minimum atomic E-state index is -4.33. The number of benzene rings is 2. The zero-order chi connectivity index (χ0) is 24.1. The third-order valence-corrected chi connectivity index (χ3v) is 6.70. The number of aromatic nitrogens is 2. The van der Waals surface area contributed by atoms with Crippen molar-refractivity contribution in [3.8, 4) is 11.4 Å². The Kier molecular flexibility index (Phi) is 7.77. The van der Waals surface area contributed by atoms with Crippen molar-refractivity contribution in [1.82, 2.24) is 14.5 Å². The molecule has 0 N–H and O–H groups in total. The molecule has 1 aliphatic rings. The molecule has 0 amide bonds. The van der Waals surface area contributed by atoms with Crippen LogP contribution in [0.2, 0.25) is 0 Å². The number of aryl methyl sites for hydroxylation is 1. The van der Waals surface area contributed by atoms with Gasteiger partial charge in [0.25, 0.3) is 0 Å². The predicted octanol–water partition coefficient (Wildman–Crippen LogP) is 7.66. The Morgan fingerprint density at radius 3 is 2.47 bits per heavy atom. The van der Waals surface area contributed by atoms with Crippen LogP contribution in [0.1, 0.15) is 74.5 Å². The number of fused-ring (bicyclic) bond motifs is 1. The lowest BCUT2D eigenvalue weighted by molar-refractivity contribution is -0.137. The lowest BCUT2D eigenvalue weighted by atomic mass is 10.1. The summed E-state index contributed by atoms with van der Waals surface area (Å²) >= 11 is 0. The zero-order valence-corrected chi connectivity index (χ0v) is 20.1. The number of unbranched alkanes of at least 4 members (excludes halogenated alkanes) is 2. The Morgan fingerprint density at radius 2 is 1.76 bits per heavy atom. The van der Waals surface area contributed by atoms with Gasteiger partial charge in [-0.05, 0) is 43.9 Å². The SMILES string of the molecule is CCCCN(Cc1cccc(C(F)(F)F)c1)C1CCc2nc(-c3ccccc3)n(CCCC)c21. The van der Waals surface area contributed by atoms with Gasteiger partial charge in [0.15, 0.2) is 0 Å². The number of hydrogen-bond donors (Lipinski definition) is 0. The molecule has 3 aromatic rings. The van der Waals surface area contributed by atoms with Crippen LogP contribution in [-0.4, -0.2) is 21.0 Å². The molecule has 6 heteroatoms. The molecule has 0 spiro atoms. The largest absolute Gasteiger partial charge is 0.416 e. The second kappa shape index (κ2) is 10.8. The Bertz CT molecular complexity index is 1070. The van der Waals surface area contributed by atoms with Crippen molar-refractivity contribution in [3.05, 3.63) is 77.1 Å². The van der Waals surface area contributed by atoms with Gasteiger partial charge in [0.1, 0.15) is 5.82 Å². The van der Waals surface area contributed by atoms with E-state index in [1.807, 2.05) is 24.3 Å². The fourth-order valence-electron chi connectivity index (χ4n) is 4.97. The highest BCUT2D eigenvalue weighted by Crippen LogP contribution is 2.40. The molecule has 4 rings (SSSR count). The first kappa shape index (κ1) is 24.5. The Balaban J connectivity index is 1.69. The average Bonchev–Trinajstić information content (AvgIpc) is 3.40. The van der Waals surface area contributed by atoms with Crippen LogP contribution >= 0.6 is 0 Å². The first-order chi connectivity index (χ1) is 16.4. The smallest absolute Gasteiger partial charge is 0.326 e. The van der Waals surface area contributed by atoms with Crippen molar-refractivity contribution in [3.63, 3.8) is 0 Å². The normalized spacial score (nSPS) is 15.8. The molecular formula is C28H34F3N3. The van der Waals surface area contributed by atoms with E-state index >= 15 is 0 Å². The maximum absolute atomic E-state index is 13.3. The number of hydrogen-bond acceptors (Lipinski definition) is 2. The molecule has 0 radical (unpaired) electrons. The Morgan fingerprint density at radius 1 is 1.00 bits per heavy atom. The molecule has 2 aromatic carbocycles. The van der Waals surface area contributed by atoms with Gasteiger partial charge in [-0.3, -0.25) is 4.90 Å². The van der Waals surface area contributed by atoms with Crippen LogP contribution in [0.4, 0.5) is 13.2 Å². The van der Waals surface area contributed by atoms with E-state index in [4.69, 9.17) is 4.98 Å². The third-order valence-electron chi connectivity index (χ3n) is 6.70. The summed E-state index contributed by atoms with van der Waals surface area (Å²) in [5.74, 6) is 1.01. The molecule has 0 saturated carbocycles. The second-order valence-electron chi connectivity index (χ2n) is 9.22. The monoisotopic (exact) mass is 469 g/mol. The summed E-state index contributed by atoms with van der Waals surface area (Å²) in [6.45, 7) is 6.62. The van der Waals surface area contributed by atoms with Gasteiger partial charge in [0, 0.05) is 18.7 Å². The van der Waals surface area contributed by atoms with Crippen LogP contribution in [0.5, 0.6) is 0 Å². The van der Waals surface area contributed by atoms with Crippen LogP contribution in [0.25, 0.3) is 11.4 Å². The Hall–Kier alpha value is -2.60. The number of imidazole rings is 1. The van der Waals surface area contributed by atoms with Gasteiger partial charge in [0.2, 0.25) is 0 Å². The van der Waals surface area contributed by atoms with Crippen LogP contribution in [0, 0.1) is 0 Å². The Labute approximate surface area is 200 Å². The topological polar surface area (TPSA) is 21.1 Å². The maximum Gasteiger partial charge on any atom is 0.416 e. The van der Waals surface area contributed by atoms with Crippen molar-refractivity contribution in [2.45, 2.75) is 77.7 Å². The highest BCUT2D eigenvalue weighted by atomic mass is 19.4. The van der Waals surface area contributed by atoms with Crippen molar-refractivity contribution in [2.24, 2.45) is 0 Å². The first-order valence-electron chi connectivity index (χ1n) is 12.5. The molecule has 34 heavy (non-hydrogen) atoms. The van der Waals surface area contributed by atoms with Crippen LogP contribution in [0.3, 0.4) is 0 Å². The van der Waals surface area contributed by atoms with Crippen molar-refractivity contribution >= 4 is 0 Å². The predicted molar refractivity (Wildman–Crippen MR) is 130 cm³/mol. The summed E-state index contributed by atoms with van der Waals surface area (Å²) in [5.41, 5.74) is 3.65. The van der Waals surface area contributed by atoms with E-state index in [0.29, 0.717) is 12.1 Å². The molecule has 0 bridgehead atoms. The highest BCUT2D eigenvalue weighted by molar-refractivity contribution is 5.57.